The van der Waals surface area contributed by atoms with E-state index in [2.05, 4.69) is 28.7 Å². The van der Waals surface area contributed by atoms with Crippen LogP contribution in [0, 0.1) is 5.92 Å². The highest BCUT2D eigenvalue weighted by molar-refractivity contribution is 8.76. The molecule has 292 valence electrons. The van der Waals surface area contributed by atoms with Gasteiger partial charge in [0.05, 0.1) is 43.9 Å². The van der Waals surface area contributed by atoms with Gasteiger partial charge >= 0.3 is 12.1 Å². The maximum atomic E-state index is 13.0. The Hall–Kier alpha value is -3.41. The number of hydrogen-bond donors (Lipinski definition) is 4. The van der Waals surface area contributed by atoms with E-state index in [1.54, 1.807) is 19.2 Å². The van der Waals surface area contributed by atoms with Gasteiger partial charge in [-0.3, -0.25) is 19.8 Å². The fraction of sp³-hybridized carbons (Fsp3) is 0.595. The summed E-state index contributed by atoms with van der Waals surface area (Å²) in [7, 11) is 2.89. The second kappa shape index (κ2) is 19.8. The molecule has 3 fully saturated rings. The molecule has 3 aliphatic heterocycles. The zero-order valence-electron chi connectivity index (χ0n) is 31.0. The number of pyridine rings is 1. The molecule has 10 atom stereocenters. The Labute approximate surface area is 318 Å². The predicted molar refractivity (Wildman–Crippen MR) is 201 cm³/mol. The van der Waals surface area contributed by atoms with Gasteiger partial charge in [-0.1, -0.05) is 54.5 Å². The van der Waals surface area contributed by atoms with E-state index in [4.69, 9.17) is 18.9 Å². The van der Waals surface area contributed by atoms with Crippen molar-refractivity contribution in [1.29, 1.82) is 0 Å². The SMILES string of the molecule is CC(=O)O[C@@H](C)C=CC(=O)N[C@@H]1C[C@H](C)[C@H](CC=C(C)C=C[C@H]2O[C@H](CC(=O)NN(CC(C)SSc3ccccn3)C(=O)O)C[C@@]3(CO3)[C@@H]2O)O[C@@H]1C. The summed E-state index contributed by atoms with van der Waals surface area (Å²) in [6.45, 7) is 11.2. The number of amides is 3. The lowest BCUT2D eigenvalue weighted by atomic mass is 9.87. The normalized spacial score (nSPS) is 29.8. The van der Waals surface area contributed by atoms with Gasteiger partial charge in [0.25, 0.3) is 0 Å². The van der Waals surface area contributed by atoms with Crippen LogP contribution >= 0.6 is 21.6 Å². The van der Waals surface area contributed by atoms with E-state index < -0.39 is 48.0 Å². The van der Waals surface area contributed by atoms with Gasteiger partial charge in [-0.15, -0.1) is 0 Å². The molecule has 0 bridgehead atoms. The number of aliphatic hydroxyl groups is 1. The monoisotopic (exact) mass is 776 g/mol. The van der Waals surface area contributed by atoms with Crippen LogP contribution in [0.25, 0.3) is 0 Å². The molecule has 4 rings (SSSR count). The zero-order chi connectivity index (χ0) is 38.7. The third kappa shape index (κ3) is 13.4. The summed E-state index contributed by atoms with van der Waals surface area (Å²) in [5, 5.41) is 25.3. The van der Waals surface area contributed by atoms with E-state index in [-0.39, 0.29) is 48.3 Å². The zero-order valence-corrected chi connectivity index (χ0v) is 32.6. The Morgan fingerprint density at radius 2 is 1.92 bits per heavy atom. The predicted octanol–water partition coefficient (Wildman–Crippen LogP) is 4.60. The molecule has 53 heavy (non-hydrogen) atoms. The lowest BCUT2D eigenvalue weighted by molar-refractivity contribution is -0.147. The van der Waals surface area contributed by atoms with Crippen LogP contribution in [-0.4, -0.2) is 111 Å². The van der Waals surface area contributed by atoms with E-state index in [9.17, 15) is 29.4 Å². The molecule has 1 spiro atoms. The van der Waals surface area contributed by atoms with Gasteiger partial charge < -0.3 is 34.5 Å². The number of hydrogen-bond acceptors (Lipinski definition) is 12. The summed E-state index contributed by atoms with van der Waals surface area (Å²) in [4.78, 5) is 52.8. The Balaban J connectivity index is 1.25. The third-order valence-electron chi connectivity index (χ3n) is 9.20. The maximum absolute atomic E-state index is 13.0. The maximum Gasteiger partial charge on any atom is 0.426 e. The molecule has 3 saturated heterocycles. The molecule has 0 radical (unpaired) electrons. The average Bonchev–Trinajstić information content (AvgIpc) is 3.87. The van der Waals surface area contributed by atoms with Crippen LogP contribution in [0.15, 0.2) is 65.4 Å². The van der Waals surface area contributed by atoms with Crippen molar-refractivity contribution in [3.8, 4) is 0 Å². The second-order valence-corrected chi connectivity index (χ2v) is 16.6. The number of nitrogens with zero attached hydrogens (tertiary/aromatic N) is 2. The molecule has 0 saturated carbocycles. The number of nitrogens with one attached hydrogen (secondary N) is 2. The van der Waals surface area contributed by atoms with Crippen LogP contribution in [0.3, 0.4) is 0 Å². The van der Waals surface area contributed by atoms with Gasteiger partial charge in [0.2, 0.25) is 11.8 Å². The highest BCUT2D eigenvalue weighted by Gasteiger charge is 2.58. The Morgan fingerprint density at radius 1 is 1.17 bits per heavy atom. The summed E-state index contributed by atoms with van der Waals surface area (Å²) in [5.74, 6) is -1.03. The summed E-state index contributed by atoms with van der Waals surface area (Å²) in [6.07, 6.45) is 7.56. The number of aromatic nitrogens is 1. The molecular formula is C37H52N4O10S2. The second-order valence-electron chi connectivity index (χ2n) is 13.9. The number of carbonyl (C=O) groups excluding carboxylic acids is 3. The molecule has 0 aliphatic carbocycles. The molecule has 1 unspecified atom stereocenters. The smallest absolute Gasteiger partial charge is 0.426 e. The first-order chi connectivity index (χ1) is 25.1. The van der Waals surface area contributed by atoms with E-state index in [0.29, 0.717) is 19.4 Å². The molecule has 14 nitrogen and oxygen atoms in total. The van der Waals surface area contributed by atoms with Gasteiger partial charge in [0.1, 0.15) is 28.9 Å². The van der Waals surface area contributed by atoms with Gasteiger partial charge in [-0.05, 0) is 68.5 Å². The number of carbonyl (C=O) groups is 4. The number of rotatable bonds is 15. The van der Waals surface area contributed by atoms with Crippen molar-refractivity contribution >= 4 is 45.5 Å². The first-order valence-electron chi connectivity index (χ1n) is 17.8. The first-order valence-corrected chi connectivity index (χ1v) is 20.0. The van der Waals surface area contributed by atoms with Crippen molar-refractivity contribution in [1.82, 2.24) is 20.7 Å². The lowest BCUT2D eigenvalue weighted by Crippen LogP contribution is -2.52. The quantitative estimate of drug-likeness (QED) is 0.0484. The highest BCUT2D eigenvalue weighted by atomic mass is 33.1. The fourth-order valence-electron chi connectivity index (χ4n) is 6.28. The number of esters is 1. The molecule has 3 aliphatic rings. The van der Waals surface area contributed by atoms with Crippen molar-refractivity contribution in [2.24, 2.45) is 5.92 Å². The largest absolute Gasteiger partial charge is 0.464 e. The third-order valence-corrected chi connectivity index (χ3v) is 12.0. The highest BCUT2D eigenvalue weighted by Crippen LogP contribution is 2.43. The number of allylic oxidation sites excluding steroid dienone is 2. The lowest BCUT2D eigenvalue weighted by Gasteiger charge is -2.39. The minimum atomic E-state index is -1.27. The van der Waals surface area contributed by atoms with Gasteiger partial charge in [0.15, 0.2) is 0 Å². The van der Waals surface area contributed by atoms with Gasteiger partial charge in [0, 0.05) is 30.9 Å². The van der Waals surface area contributed by atoms with Crippen LogP contribution < -0.4 is 10.7 Å². The standard InChI is InChI=1S/C37H52N4O10S2/c1-22(10-13-30-23(2)17-29(26(5)50-30)39-32(43)15-12-24(3)49-27(6)42)11-14-31-35(45)37(21-48-37)19-28(51-31)18-33(44)40-41(36(46)47)20-25(4)52-53-34-9-7-8-16-38-34/h7-12,14-16,23-26,28-31,35,45H,13,17-21H2,1-6H3,(H,39,43)(H,40,44)(H,46,47)/t23-,24-,25?,26+,28+,29+,30-,31+,35+,37+/m0/s1. The number of epoxide rings is 1. The molecule has 3 amide bonds. The topological polar surface area (TPSA) is 189 Å². The molecular weight excluding hydrogens is 725 g/mol. The van der Waals surface area contributed by atoms with Gasteiger partial charge in [-0.2, -0.15) is 0 Å². The minimum absolute atomic E-state index is 0.0600. The Bertz CT molecular complexity index is 1510. The van der Waals surface area contributed by atoms with Crippen molar-refractivity contribution in [3.05, 3.63) is 60.3 Å². The number of ether oxygens (including phenoxy) is 4. The van der Waals surface area contributed by atoms with Crippen molar-refractivity contribution < 1.29 is 48.3 Å². The molecule has 0 aromatic carbocycles. The summed E-state index contributed by atoms with van der Waals surface area (Å²) in [5.41, 5.74) is 2.62. The summed E-state index contributed by atoms with van der Waals surface area (Å²) < 4.78 is 23.1. The molecule has 1 aromatic rings. The molecule has 16 heteroatoms. The van der Waals surface area contributed by atoms with Crippen molar-refractivity contribution in [2.75, 3.05) is 13.2 Å². The molecule has 4 N–H and O–H groups in total. The van der Waals surface area contributed by atoms with E-state index >= 15 is 0 Å². The Morgan fingerprint density at radius 3 is 2.58 bits per heavy atom. The molecule has 1 aromatic heterocycles. The minimum Gasteiger partial charge on any atom is -0.464 e. The van der Waals surface area contributed by atoms with Crippen LogP contribution in [0.1, 0.15) is 67.2 Å². The van der Waals surface area contributed by atoms with Crippen molar-refractivity contribution in [2.45, 2.75) is 126 Å². The van der Waals surface area contributed by atoms with E-state index in [1.807, 2.05) is 45.0 Å². The fourth-order valence-corrected chi connectivity index (χ4v) is 8.25. The summed E-state index contributed by atoms with van der Waals surface area (Å²) in [6, 6.07) is 5.40. The summed E-state index contributed by atoms with van der Waals surface area (Å²) >= 11 is 0. The van der Waals surface area contributed by atoms with Gasteiger partial charge in [-0.25, -0.2) is 14.8 Å². The number of carboxylic acid groups (broad SMARTS) is 1. The van der Waals surface area contributed by atoms with Crippen LogP contribution in [-0.2, 0) is 33.3 Å². The number of hydrazine groups is 1. The number of aliphatic hydroxyl groups excluding tert-OH is 1. The first kappa shape index (κ1) is 42.3. The van der Waals surface area contributed by atoms with E-state index in [1.165, 1.54) is 40.7 Å². The van der Waals surface area contributed by atoms with Crippen LogP contribution in [0.2, 0.25) is 0 Å². The van der Waals surface area contributed by atoms with Crippen LogP contribution in [0.5, 0.6) is 0 Å². The Kier molecular flexibility index (Phi) is 15.8. The van der Waals surface area contributed by atoms with E-state index in [0.717, 1.165) is 22.0 Å². The van der Waals surface area contributed by atoms with Crippen molar-refractivity contribution in [3.63, 3.8) is 0 Å². The average molecular weight is 777 g/mol. The van der Waals surface area contributed by atoms with Crippen LogP contribution in [0.4, 0.5) is 4.79 Å². The molecule has 4 heterocycles.